The van der Waals surface area contributed by atoms with Crippen molar-refractivity contribution in [3.05, 3.63) is 48.7 Å². The van der Waals surface area contributed by atoms with Crippen molar-refractivity contribution in [3.8, 4) is 28.6 Å². The molecule has 0 bridgehead atoms. The zero-order chi connectivity index (χ0) is 30.7. The second-order valence-corrected chi connectivity index (χ2v) is 12.4. The van der Waals surface area contributed by atoms with Crippen molar-refractivity contribution in [1.29, 1.82) is 0 Å². The summed E-state index contributed by atoms with van der Waals surface area (Å²) in [7, 11) is 3.76. The summed E-state index contributed by atoms with van der Waals surface area (Å²) in [6.45, 7) is 4.01. The molecule has 10 heteroatoms. The van der Waals surface area contributed by atoms with Gasteiger partial charge in [-0.25, -0.2) is 15.0 Å². The number of rotatable bonds is 13. The minimum absolute atomic E-state index is 0.0707. The highest BCUT2D eigenvalue weighted by Crippen LogP contribution is 2.59. The van der Waals surface area contributed by atoms with E-state index in [9.17, 15) is 9.59 Å². The molecule has 2 aliphatic rings. The number of likely N-dealkylation sites (tertiary alicyclic amines) is 1. The number of imidazole rings is 1. The molecule has 10 nitrogen and oxygen atoms in total. The number of fused-ring (bicyclic) bond motifs is 1. The number of pyridine rings is 1. The molecule has 6 rings (SSSR count). The molecular weight excluding hydrogens is 556 g/mol. The van der Waals surface area contributed by atoms with Gasteiger partial charge in [-0.15, -0.1) is 0 Å². The third kappa shape index (κ3) is 6.40. The van der Waals surface area contributed by atoms with Crippen molar-refractivity contribution in [2.24, 2.45) is 11.3 Å². The molecule has 1 saturated heterocycles. The van der Waals surface area contributed by atoms with Crippen molar-refractivity contribution in [1.82, 2.24) is 30.2 Å². The third-order valence-corrected chi connectivity index (χ3v) is 9.52. The predicted molar refractivity (Wildman–Crippen MR) is 168 cm³/mol. The summed E-state index contributed by atoms with van der Waals surface area (Å²) in [5, 5.41) is 4.30. The maximum absolute atomic E-state index is 13.5. The van der Waals surface area contributed by atoms with Gasteiger partial charge in [0.05, 0.1) is 42.3 Å². The second kappa shape index (κ2) is 12.9. The highest BCUT2D eigenvalue weighted by molar-refractivity contribution is 5.88. The van der Waals surface area contributed by atoms with E-state index < -0.39 is 0 Å². The van der Waals surface area contributed by atoms with E-state index >= 15 is 0 Å². The smallest absolute Gasteiger partial charge is 0.225 e. The van der Waals surface area contributed by atoms with E-state index in [2.05, 4.69) is 27.2 Å². The molecule has 1 aliphatic carbocycles. The van der Waals surface area contributed by atoms with Crippen LogP contribution in [0.3, 0.4) is 0 Å². The maximum Gasteiger partial charge on any atom is 0.225 e. The molecule has 0 radical (unpaired) electrons. The molecule has 0 unspecified atom stereocenters. The molecule has 1 amide bonds. The lowest BCUT2D eigenvalue weighted by Crippen LogP contribution is -2.36. The predicted octanol–water partition coefficient (Wildman–Crippen LogP) is 6.11. The van der Waals surface area contributed by atoms with Gasteiger partial charge in [-0.1, -0.05) is 25.8 Å². The zero-order valence-electron chi connectivity index (χ0n) is 25.9. The molecule has 4 aromatic rings. The lowest BCUT2D eigenvalue weighted by Gasteiger charge is -2.30. The fraction of sp³-hybridized carbons (Fsp3) is 0.500. The van der Waals surface area contributed by atoms with Gasteiger partial charge in [0.25, 0.3) is 0 Å². The molecule has 44 heavy (non-hydrogen) atoms. The summed E-state index contributed by atoms with van der Waals surface area (Å²) in [6, 6.07) is 7.66. The zero-order valence-corrected chi connectivity index (χ0v) is 25.9. The molecule has 1 saturated carbocycles. The standard InChI is InChI=1S/C34H42N6O4/c1-4-24(41)8-6-5-7-9-27(38-31(42)26-20-34(26)12-15-40(2)16-13-34)30-36-21-29(37-30)25-18-22-10-11-23(32-35-14-17-44-32)19-28(22)39-33(25)43-3/h10-11,14,17-19,21,26-27H,4-9,12-13,15-16,20H2,1-3H3,(H,36,37)(H,38,42)/t26-,27+/m1/s1. The van der Waals surface area contributed by atoms with Crippen molar-refractivity contribution in [2.45, 2.75) is 70.8 Å². The van der Waals surface area contributed by atoms with Gasteiger partial charge in [0.1, 0.15) is 17.9 Å². The number of hydrogen-bond donors (Lipinski definition) is 2. The molecule has 2 atom stereocenters. The van der Waals surface area contributed by atoms with E-state index in [-0.39, 0.29) is 23.3 Å². The lowest BCUT2D eigenvalue weighted by atomic mass is 9.91. The molecule has 1 aliphatic heterocycles. The summed E-state index contributed by atoms with van der Waals surface area (Å²) in [5.41, 5.74) is 3.32. The fourth-order valence-electron chi connectivity index (χ4n) is 6.56. The van der Waals surface area contributed by atoms with Gasteiger partial charge >= 0.3 is 0 Å². The number of H-pyrrole nitrogens is 1. The van der Waals surface area contributed by atoms with Crippen molar-refractivity contribution in [2.75, 3.05) is 27.2 Å². The number of benzene rings is 1. The highest BCUT2D eigenvalue weighted by Gasteiger charge is 2.58. The number of unbranched alkanes of at least 4 members (excludes halogenated alkanes) is 2. The van der Waals surface area contributed by atoms with Crippen LogP contribution in [-0.2, 0) is 9.59 Å². The number of aromatic nitrogens is 4. The number of piperidine rings is 1. The largest absolute Gasteiger partial charge is 0.480 e. The van der Waals surface area contributed by atoms with Crippen molar-refractivity contribution >= 4 is 22.6 Å². The summed E-state index contributed by atoms with van der Waals surface area (Å²) < 4.78 is 11.2. The van der Waals surface area contributed by atoms with E-state index in [1.807, 2.05) is 31.2 Å². The van der Waals surface area contributed by atoms with E-state index in [1.165, 1.54) is 0 Å². The van der Waals surface area contributed by atoms with E-state index in [1.54, 1.807) is 25.8 Å². The van der Waals surface area contributed by atoms with Gasteiger partial charge in [-0.3, -0.25) is 9.59 Å². The first-order chi connectivity index (χ1) is 21.4. The number of carbonyl (C=O) groups is 2. The number of nitrogens with one attached hydrogen (secondary N) is 2. The Hall–Kier alpha value is -4.05. The number of amides is 1. The fourth-order valence-corrected chi connectivity index (χ4v) is 6.56. The number of aromatic amines is 1. The van der Waals surface area contributed by atoms with Gasteiger partial charge in [0, 0.05) is 29.7 Å². The normalized spacial score (nSPS) is 18.4. The molecular formula is C34H42N6O4. The Bertz CT molecular complexity index is 1610. The van der Waals surface area contributed by atoms with Crippen molar-refractivity contribution in [3.63, 3.8) is 0 Å². The van der Waals surface area contributed by atoms with E-state index in [4.69, 9.17) is 19.1 Å². The lowest BCUT2D eigenvalue weighted by molar-refractivity contribution is -0.124. The van der Waals surface area contributed by atoms with E-state index in [0.717, 1.165) is 91.6 Å². The number of nitrogens with zero attached hydrogens (tertiary/aromatic N) is 4. The number of ether oxygens (including phenoxy) is 1. The van der Waals surface area contributed by atoms with Crippen LogP contribution in [-0.4, -0.2) is 63.8 Å². The maximum atomic E-state index is 13.5. The average molecular weight is 599 g/mol. The first-order valence-corrected chi connectivity index (χ1v) is 15.8. The van der Waals surface area contributed by atoms with Crippen LogP contribution in [0.15, 0.2) is 47.3 Å². The summed E-state index contributed by atoms with van der Waals surface area (Å²) in [4.78, 5) is 44.9. The minimum Gasteiger partial charge on any atom is -0.480 e. The summed E-state index contributed by atoms with van der Waals surface area (Å²) >= 11 is 0. The summed E-state index contributed by atoms with van der Waals surface area (Å²) in [6.07, 6.45) is 12.7. The third-order valence-electron chi connectivity index (χ3n) is 9.52. The Labute approximate surface area is 258 Å². The Morgan fingerprint density at radius 2 is 2.02 bits per heavy atom. The Morgan fingerprint density at radius 3 is 2.77 bits per heavy atom. The van der Waals surface area contributed by atoms with Crippen LogP contribution < -0.4 is 10.1 Å². The Morgan fingerprint density at radius 1 is 1.18 bits per heavy atom. The number of hydrogen-bond acceptors (Lipinski definition) is 8. The summed E-state index contributed by atoms with van der Waals surface area (Å²) in [5.74, 6) is 2.23. The number of Topliss-reactive ketones (excluding diaryl/α,β-unsaturated/α-hetero) is 1. The van der Waals surface area contributed by atoms with Crippen LogP contribution in [0, 0.1) is 11.3 Å². The monoisotopic (exact) mass is 598 g/mol. The molecule has 3 aromatic heterocycles. The van der Waals surface area contributed by atoms with Gasteiger partial charge in [-0.05, 0) is 75.9 Å². The average Bonchev–Trinajstić information content (AvgIpc) is 3.39. The van der Waals surface area contributed by atoms with Gasteiger partial charge in [-0.2, -0.15) is 0 Å². The van der Waals surface area contributed by atoms with Gasteiger partial charge in [0.15, 0.2) is 0 Å². The highest BCUT2D eigenvalue weighted by atomic mass is 16.5. The molecule has 2 fully saturated rings. The number of methoxy groups -OCH3 is 1. The molecule has 2 N–H and O–H groups in total. The first-order valence-electron chi connectivity index (χ1n) is 15.8. The Balaban J connectivity index is 1.21. The second-order valence-electron chi connectivity index (χ2n) is 12.4. The number of ketones is 1. The molecule has 1 spiro atoms. The molecule has 4 heterocycles. The number of carbonyl (C=O) groups excluding carboxylic acids is 2. The van der Waals surface area contributed by atoms with Crippen LogP contribution in [0.1, 0.15) is 76.6 Å². The number of oxazole rings is 1. The van der Waals surface area contributed by atoms with Crippen LogP contribution in [0.4, 0.5) is 0 Å². The Kier molecular flexibility index (Phi) is 8.79. The quantitative estimate of drug-likeness (QED) is 0.177. The molecule has 232 valence electrons. The van der Waals surface area contributed by atoms with E-state index in [0.29, 0.717) is 30.4 Å². The molecule has 1 aromatic carbocycles. The van der Waals surface area contributed by atoms with Crippen LogP contribution in [0.2, 0.25) is 0 Å². The van der Waals surface area contributed by atoms with Gasteiger partial charge < -0.3 is 24.4 Å². The minimum atomic E-state index is -0.246. The van der Waals surface area contributed by atoms with Gasteiger partial charge in [0.2, 0.25) is 17.7 Å². The first kappa shape index (κ1) is 30.0. The van der Waals surface area contributed by atoms with Crippen LogP contribution in [0.25, 0.3) is 33.6 Å². The topological polar surface area (TPSA) is 126 Å². The van der Waals surface area contributed by atoms with Crippen LogP contribution in [0.5, 0.6) is 5.88 Å². The van der Waals surface area contributed by atoms with Crippen LogP contribution >= 0.6 is 0 Å². The SMILES string of the molecule is CCC(=O)CCCCC[C@H](NC(=O)[C@H]1CC12CCN(C)CC2)c1ncc(-c2cc3ccc(-c4ncco4)cc3nc2OC)[nH]1. The van der Waals surface area contributed by atoms with Crippen molar-refractivity contribution < 1.29 is 18.7 Å².